The number of nitrogens with zero attached hydrogens (tertiary/aromatic N) is 3. The molecule has 0 amide bonds. The van der Waals surface area contributed by atoms with Crippen molar-refractivity contribution in [3.63, 3.8) is 0 Å². The lowest BCUT2D eigenvalue weighted by Crippen LogP contribution is -2.27. The zero-order chi connectivity index (χ0) is 17.1. The highest BCUT2D eigenvalue weighted by Crippen LogP contribution is 2.37. The molecule has 1 fully saturated rings. The van der Waals surface area contributed by atoms with Crippen LogP contribution in [0.4, 0.5) is 0 Å². The van der Waals surface area contributed by atoms with Crippen molar-refractivity contribution in [2.45, 2.75) is 19.4 Å². The Balaban J connectivity index is 1.73. The number of carbonyl (C=O) groups is 1. The van der Waals surface area contributed by atoms with Gasteiger partial charge in [-0.3, -0.25) is 14.4 Å². The topological polar surface area (TPSA) is 67.6 Å². The van der Waals surface area contributed by atoms with Gasteiger partial charge in [-0.25, -0.2) is 0 Å². The number of carboxylic acid groups (broad SMARTS) is 1. The molecule has 1 N–H and O–H groups in total. The molecule has 6 heteroatoms. The van der Waals surface area contributed by atoms with Crippen LogP contribution < -0.4 is 4.74 Å². The summed E-state index contributed by atoms with van der Waals surface area (Å²) in [6.07, 6.45) is 1.96. The van der Waals surface area contributed by atoms with Gasteiger partial charge in [0.2, 0.25) is 0 Å². The Kier molecular flexibility index (Phi) is 4.85. The Morgan fingerprint density at radius 1 is 1.29 bits per heavy atom. The zero-order valence-electron chi connectivity index (χ0n) is 14.1. The van der Waals surface area contributed by atoms with E-state index >= 15 is 0 Å². The summed E-state index contributed by atoms with van der Waals surface area (Å²) in [7, 11) is 1.63. The Bertz CT molecular complexity index is 713. The van der Waals surface area contributed by atoms with Crippen LogP contribution in [-0.4, -0.2) is 52.5 Å². The van der Waals surface area contributed by atoms with Gasteiger partial charge in [0.1, 0.15) is 5.75 Å². The molecule has 0 radical (unpaired) electrons. The Morgan fingerprint density at radius 3 is 2.75 bits per heavy atom. The number of likely N-dealkylation sites (tertiary alicyclic amines) is 1. The lowest BCUT2D eigenvalue weighted by Gasteiger charge is -2.18. The predicted octanol–water partition coefficient (Wildman–Crippen LogP) is 2.00. The molecule has 0 unspecified atom stereocenters. The fourth-order valence-electron chi connectivity index (χ4n) is 3.44. The number of aryl methyl sites for hydroxylation is 1. The van der Waals surface area contributed by atoms with Gasteiger partial charge < -0.3 is 9.84 Å². The molecule has 128 valence electrons. The van der Waals surface area contributed by atoms with Crippen LogP contribution in [0.2, 0.25) is 0 Å². The summed E-state index contributed by atoms with van der Waals surface area (Å²) >= 11 is 0. The minimum atomic E-state index is -0.747. The van der Waals surface area contributed by atoms with Gasteiger partial charge in [-0.2, -0.15) is 5.10 Å². The smallest absolute Gasteiger partial charge is 0.308 e. The minimum Gasteiger partial charge on any atom is -0.496 e. The summed E-state index contributed by atoms with van der Waals surface area (Å²) in [6.45, 7) is 4.79. The first-order chi connectivity index (χ1) is 11.6. The quantitative estimate of drug-likeness (QED) is 0.878. The number of carboxylic acids is 1. The number of aromatic nitrogens is 2. The van der Waals surface area contributed by atoms with Gasteiger partial charge in [-0.05, 0) is 24.6 Å². The van der Waals surface area contributed by atoms with Crippen molar-refractivity contribution in [2.75, 3.05) is 26.7 Å². The maximum Gasteiger partial charge on any atom is 0.308 e. The molecule has 2 aromatic rings. The van der Waals surface area contributed by atoms with Crippen LogP contribution in [0.25, 0.3) is 0 Å². The summed E-state index contributed by atoms with van der Waals surface area (Å²) in [5, 5.41) is 14.0. The highest BCUT2D eigenvalue weighted by atomic mass is 16.5. The fraction of sp³-hybridized carbons (Fsp3) is 0.444. The van der Waals surface area contributed by atoms with E-state index in [0.717, 1.165) is 36.6 Å². The third kappa shape index (κ3) is 3.43. The molecule has 1 saturated heterocycles. The monoisotopic (exact) mass is 329 g/mol. The van der Waals surface area contributed by atoms with Crippen LogP contribution in [-0.2, 0) is 11.3 Å². The third-order valence-electron chi connectivity index (χ3n) is 4.67. The number of methoxy groups -OCH3 is 1. The number of para-hydroxylation sites is 1. The molecule has 2 heterocycles. The van der Waals surface area contributed by atoms with Crippen molar-refractivity contribution >= 4 is 5.97 Å². The second-order valence-corrected chi connectivity index (χ2v) is 6.27. The average molecular weight is 329 g/mol. The molecule has 0 spiro atoms. The first-order valence-electron chi connectivity index (χ1n) is 8.16. The van der Waals surface area contributed by atoms with E-state index in [9.17, 15) is 9.90 Å². The maximum atomic E-state index is 11.7. The lowest BCUT2D eigenvalue weighted by molar-refractivity contribution is -0.141. The Morgan fingerprint density at radius 2 is 2.08 bits per heavy atom. The average Bonchev–Trinajstić information content (AvgIpc) is 3.19. The van der Waals surface area contributed by atoms with E-state index in [1.807, 2.05) is 48.1 Å². The molecule has 0 bridgehead atoms. The van der Waals surface area contributed by atoms with E-state index in [1.165, 1.54) is 0 Å². The second kappa shape index (κ2) is 7.05. The van der Waals surface area contributed by atoms with Crippen LogP contribution in [0.1, 0.15) is 17.2 Å². The molecule has 1 aliphatic rings. The van der Waals surface area contributed by atoms with E-state index in [2.05, 4.69) is 10.00 Å². The highest BCUT2D eigenvalue weighted by Gasteiger charge is 2.39. The number of aliphatic carboxylic acids is 1. The number of benzene rings is 1. The summed E-state index contributed by atoms with van der Waals surface area (Å²) in [6, 6.07) is 9.68. The Hall–Kier alpha value is -2.34. The SMILES string of the molecule is COc1ccccc1[C@H]1CN(CCn2ccc(C)n2)C[C@@H]1C(=O)O. The van der Waals surface area contributed by atoms with Crippen molar-refractivity contribution in [1.82, 2.24) is 14.7 Å². The van der Waals surface area contributed by atoms with Crippen molar-refractivity contribution < 1.29 is 14.6 Å². The molecule has 6 nitrogen and oxygen atoms in total. The minimum absolute atomic E-state index is 0.0574. The molecular formula is C18H23N3O3. The van der Waals surface area contributed by atoms with Gasteiger partial charge in [-0.15, -0.1) is 0 Å². The highest BCUT2D eigenvalue weighted by molar-refractivity contribution is 5.72. The molecule has 1 aromatic heterocycles. The first-order valence-corrected chi connectivity index (χ1v) is 8.16. The Labute approximate surface area is 141 Å². The molecular weight excluding hydrogens is 306 g/mol. The van der Waals surface area contributed by atoms with E-state index in [1.54, 1.807) is 7.11 Å². The second-order valence-electron chi connectivity index (χ2n) is 6.27. The molecule has 24 heavy (non-hydrogen) atoms. The van der Waals surface area contributed by atoms with Gasteiger partial charge >= 0.3 is 5.97 Å². The summed E-state index contributed by atoms with van der Waals surface area (Å²) in [5.41, 5.74) is 1.97. The van der Waals surface area contributed by atoms with Gasteiger partial charge in [-0.1, -0.05) is 18.2 Å². The molecule has 2 atom stereocenters. The predicted molar refractivity (Wildman–Crippen MR) is 90.3 cm³/mol. The van der Waals surface area contributed by atoms with Crippen molar-refractivity contribution in [3.8, 4) is 5.75 Å². The van der Waals surface area contributed by atoms with Crippen LogP contribution >= 0.6 is 0 Å². The van der Waals surface area contributed by atoms with Crippen molar-refractivity contribution in [2.24, 2.45) is 5.92 Å². The molecule has 1 aromatic carbocycles. The molecule has 1 aliphatic heterocycles. The van der Waals surface area contributed by atoms with Crippen molar-refractivity contribution in [3.05, 3.63) is 47.8 Å². The number of hydrogen-bond acceptors (Lipinski definition) is 4. The van der Waals surface area contributed by atoms with E-state index < -0.39 is 11.9 Å². The fourth-order valence-corrected chi connectivity index (χ4v) is 3.44. The normalized spacial score (nSPS) is 21.1. The van der Waals surface area contributed by atoms with E-state index in [-0.39, 0.29) is 5.92 Å². The first kappa shape index (κ1) is 16.5. The molecule has 0 saturated carbocycles. The van der Waals surface area contributed by atoms with Gasteiger partial charge in [0.05, 0.1) is 25.3 Å². The lowest BCUT2D eigenvalue weighted by atomic mass is 9.88. The van der Waals surface area contributed by atoms with Crippen molar-refractivity contribution in [1.29, 1.82) is 0 Å². The molecule has 0 aliphatic carbocycles. The maximum absolute atomic E-state index is 11.7. The third-order valence-corrected chi connectivity index (χ3v) is 4.67. The van der Waals surface area contributed by atoms with Crippen LogP contribution in [0.3, 0.4) is 0 Å². The van der Waals surface area contributed by atoms with Crippen LogP contribution in [0.15, 0.2) is 36.5 Å². The number of hydrogen-bond donors (Lipinski definition) is 1. The van der Waals surface area contributed by atoms with E-state index in [4.69, 9.17) is 4.74 Å². The summed E-state index contributed by atoms with van der Waals surface area (Å²) in [4.78, 5) is 13.9. The standard InChI is InChI=1S/C18H23N3O3/c1-13-7-8-21(19-13)10-9-20-11-15(16(12-20)18(22)23)14-5-3-4-6-17(14)24-2/h3-8,15-16H,9-12H2,1-2H3,(H,22,23)/t15-,16+/m1/s1. The van der Waals surface area contributed by atoms with Crippen LogP contribution in [0, 0.1) is 12.8 Å². The number of ether oxygens (including phenoxy) is 1. The number of rotatable bonds is 6. The summed E-state index contributed by atoms with van der Waals surface area (Å²) < 4.78 is 7.33. The zero-order valence-corrected chi connectivity index (χ0v) is 14.1. The largest absolute Gasteiger partial charge is 0.496 e. The van der Waals surface area contributed by atoms with Gasteiger partial charge in [0.15, 0.2) is 0 Å². The van der Waals surface area contributed by atoms with Gasteiger partial charge in [0, 0.05) is 31.7 Å². The van der Waals surface area contributed by atoms with Gasteiger partial charge in [0.25, 0.3) is 0 Å². The van der Waals surface area contributed by atoms with E-state index in [0.29, 0.717) is 6.54 Å². The summed E-state index contributed by atoms with van der Waals surface area (Å²) in [5.74, 6) is -0.458. The van der Waals surface area contributed by atoms with Crippen LogP contribution in [0.5, 0.6) is 5.75 Å². The molecule has 3 rings (SSSR count).